The van der Waals surface area contributed by atoms with E-state index in [9.17, 15) is 0 Å². The Labute approximate surface area is 754 Å². The number of rotatable bonds is 27. The SMILES string of the molecule is Fc1cccc(F)c1N(c1cc(N(c2ccccc2)c2ccccc2)cc(N(c2ccccc2)c2ccccc2)c1)c1cccc(N(c2cc(N(c3ccccc3)c3ccccc3)cc(N(c3cccc(N(c4cc(N(c5ccccc5)c5ccccc5)cc(N(c5ccccc5)c5ccccc5)c4)c4c(F)cccc4F)c3)c3c(F)cccc3F)c2)c2c(F)cccc2F)c1. The maximum atomic E-state index is 18.2. The van der Waals surface area contributed by atoms with Crippen LogP contribution in [0.5, 0.6) is 0 Å². The second-order valence-electron chi connectivity index (χ2n) is 30.8. The molecule has 0 N–H and O–H groups in total. The number of benzene rings is 19. The van der Waals surface area contributed by atoms with Crippen LogP contribution in [0.3, 0.4) is 0 Å². The van der Waals surface area contributed by atoms with Gasteiger partial charge in [-0.25, -0.2) is 35.1 Å². The van der Waals surface area contributed by atoms with E-state index in [0.29, 0.717) is 34.1 Å². The summed E-state index contributed by atoms with van der Waals surface area (Å²) in [6.45, 7) is 0. The van der Waals surface area contributed by atoms with E-state index >= 15 is 35.1 Å². The Hall–Kier alpha value is -17.2. The minimum absolute atomic E-state index is 0.00931. The zero-order chi connectivity index (χ0) is 89.3. The van der Waals surface area contributed by atoms with E-state index in [2.05, 4.69) is 0 Å². The molecule has 0 fully saturated rings. The molecular formula is C114H79F8N9. The third-order valence-electron chi connectivity index (χ3n) is 22.5. The van der Waals surface area contributed by atoms with Crippen LogP contribution in [0.1, 0.15) is 0 Å². The lowest BCUT2D eigenvalue weighted by molar-refractivity contribution is 0.585. The highest BCUT2D eigenvalue weighted by molar-refractivity contribution is 5.96. The van der Waals surface area contributed by atoms with Gasteiger partial charge < -0.3 is 44.1 Å². The largest absolute Gasteiger partial charge is 0.310 e. The number of hydrogen-bond acceptors (Lipinski definition) is 9. The van der Waals surface area contributed by atoms with E-state index in [4.69, 9.17) is 0 Å². The monoisotopic (exact) mass is 1730 g/mol. The van der Waals surface area contributed by atoms with Crippen LogP contribution in [-0.2, 0) is 0 Å². The highest BCUT2D eigenvalue weighted by atomic mass is 19.2. The van der Waals surface area contributed by atoms with E-state index in [1.807, 2.05) is 364 Å². The van der Waals surface area contributed by atoms with Crippen molar-refractivity contribution in [2.45, 2.75) is 0 Å². The van der Waals surface area contributed by atoms with Crippen molar-refractivity contribution in [2.24, 2.45) is 0 Å². The van der Waals surface area contributed by atoms with E-state index in [0.717, 1.165) is 94.0 Å². The molecule has 131 heavy (non-hydrogen) atoms. The summed E-state index contributed by atoms with van der Waals surface area (Å²) in [5, 5.41) is 0. The number of anilines is 27. The summed E-state index contributed by atoms with van der Waals surface area (Å²) >= 11 is 0. The Kier molecular flexibility index (Phi) is 23.9. The molecule has 0 aliphatic rings. The minimum atomic E-state index is -1.06. The first kappa shape index (κ1) is 83.4. The van der Waals surface area contributed by atoms with Crippen molar-refractivity contribution in [1.82, 2.24) is 0 Å². The fraction of sp³-hybridized carbons (Fsp3) is 0. The van der Waals surface area contributed by atoms with Crippen LogP contribution in [-0.4, -0.2) is 0 Å². The number of nitrogens with zero attached hydrogens (tertiary/aromatic N) is 9. The molecule has 19 aromatic carbocycles. The second-order valence-corrected chi connectivity index (χ2v) is 30.8. The van der Waals surface area contributed by atoms with Gasteiger partial charge in [0.15, 0.2) is 0 Å². The Bertz CT molecular complexity index is 6330. The quantitative estimate of drug-likeness (QED) is 0.0467. The molecule has 0 saturated carbocycles. The molecule has 636 valence electrons. The Morgan fingerprint density at radius 1 is 0.0916 bits per heavy atom. The van der Waals surface area contributed by atoms with Crippen molar-refractivity contribution < 1.29 is 35.1 Å². The molecule has 0 aromatic heterocycles. The molecule has 0 bridgehead atoms. The van der Waals surface area contributed by atoms with Gasteiger partial charge in [0.2, 0.25) is 0 Å². The van der Waals surface area contributed by atoms with Crippen molar-refractivity contribution in [1.29, 1.82) is 0 Å². The molecule has 0 saturated heterocycles. The molecule has 0 aliphatic carbocycles. The molecule has 19 rings (SSSR count). The van der Waals surface area contributed by atoms with E-state index in [-0.39, 0.29) is 51.2 Å². The predicted octanol–water partition coefficient (Wildman–Crippen LogP) is 34.0. The molecule has 0 radical (unpaired) electrons. The van der Waals surface area contributed by atoms with Gasteiger partial charge in [0.05, 0.1) is 51.2 Å². The summed E-state index contributed by atoms with van der Waals surface area (Å²) in [4.78, 5) is 15.5. The maximum absolute atomic E-state index is 18.2. The fourth-order valence-electron chi connectivity index (χ4n) is 16.9. The lowest BCUT2D eigenvalue weighted by Gasteiger charge is -2.35. The highest BCUT2D eigenvalue weighted by Crippen LogP contribution is 2.54. The molecule has 0 aliphatic heterocycles. The van der Waals surface area contributed by atoms with Crippen molar-refractivity contribution in [3.63, 3.8) is 0 Å². The smallest absolute Gasteiger partial charge is 0.150 e. The average molecular weight is 1730 g/mol. The molecule has 0 spiro atoms. The predicted molar refractivity (Wildman–Crippen MR) is 518 cm³/mol. The topological polar surface area (TPSA) is 29.2 Å². The van der Waals surface area contributed by atoms with Crippen LogP contribution in [0.25, 0.3) is 0 Å². The Morgan fingerprint density at radius 2 is 0.191 bits per heavy atom. The van der Waals surface area contributed by atoms with Gasteiger partial charge in [-0.05, 0) is 261 Å². The van der Waals surface area contributed by atoms with Crippen LogP contribution < -0.4 is 44.1 Å². The Balaban J connectivity index is 0.867. The van der Waals surface area contributed by atoms with E-state index < -0.39 is 69.3 Å². The molecule has 9 nitrogen and oxygen atoms in total. The fourth-order valence-corrected chi connectivity index (χ4v) is 16.9. The number of hydrogen-bond donors (Lipinski definition) is 0. The zero-order valence-corrected chi connectivity index (χ0v) is 70.2. The lowest BCUT2D eigenvalue weighted by Crippen LogP contribution is -2.20. The van der Waals surface area contributed by atoms with Crippen molar-refractivity contribution in [3.8, 4) is 0 Å². The van der Waals surface area contributed by atoms with Crippen molar-refractivity contribution in [2.75, 3.05) is 44.1 Å². The van der Waals surface area contributed by atoms with Gasteiger partial charge in [-0.15, -0.1) is 0 Å². The van der Waals surface area contributed by atoms with Gasteiger partial charge in [-0.2, -0.15) is 0 Å². The minimum Gasteiger partial charge on any atom is -0.310 e. The standard InChI is InChI=1S/C114H79F8N9/c115-103-61-33-62-104(116)111(103)128(99-73-94(123(80-37-11-1-12-38-80)81-39-13-2-14-40-81)71-95(74-99)124(82-41-15-3-16-42-82)83-43-17-4-18-44-83)90-57-31-59-92(69-90)130(113-107(119)65-35-66-108(113)120)101-77-98(127(88-53-27-9-28-54-88)89-55-29-10-30-56-89)78-102(79-101)131(114-109(121)67-36-68-110(114)122)93-60-32-58-91(70-93)129(112-105(117)63-34-64-106(112)118)100-75-96(125(84-45-19-5-20-46-84)85-47-21-6-22-48-85)72-97(76-100)126(86-49-23-7-24-50-86)87-51-25-8-26-52-87/h1-79H. The zero-order valence-electron chi connectivity index (χ0n) is 70.2. The van der Waals surface area contributed by atoms with E-state index in [1.165, 1.54) is 49.9 Å². The first-order chi connectivity index (χ1) is 64.3. The lowest BCUT2D eigenvalue weighted by atomic mass is 10.1. The van der Waals surface area contributed by atoms with Crippen LogP contribution in [0.4, 0.5) is 189 Å². The molecule has 0 heterocycles. The number of halogens is 8. The van der Waals surface area contributed by atoms with E-state index in [1.54, 1.807) is 60.7 Å². The first-order valence-electron chi connectivity index (χ1n) is 42.5. The average Bonchev–Trinajstić information content (AvgIpc) is 0.747. The van der Waals surface area contributed by atoms with Gasteiger partial charge >= 0.3 is 0 Å². The molecular weight excluding hydrogens is 1650 g/mol. The second kappa shape index (κ2) is 37.6. The molecule has 0 atom stereocenters. The molecule has 17 heteroatoms. The number of para-hydroxylation sites is 14. The van der Waals surface area contributed by atoms with Crippen LogP contribution in [0, 0.1) is 46.5 Å². The van der Waals surface area contributed by atoms with Crippen molar-refractivity contribution >= 4 is 154 Å². The van der Waals surface area contributed by atoms with Crippen LogP contribution >= 0.6 is 0 Å². The van der Waals surface area contributed by atoms with Crippen LogP contribution in [0.15, 0.2) is 479 Å². The third kappa shape index (κ3) is 17.3. The summed E-state index contributed by atoms with van der Waals surface area (Å²) in [5.74, 6) is -8.12. The maximum Gasteiger partial charge on any atom is 0.150 e. The third-order valence-corrected chi connectivity index (χ3v) is 22.5. The van der Waals surface area contributed by atoms with Gasteiger partial charge in [-0.3, -0.25) is 0 Å². The molecule has 19 aromatic rings. The van der Waals surface area contributed by atoms with Gasteiger partial charge in [0, 0.05) is 79.6 Å². The summed E-state index contributed by atoms with van der Waals surface area (Å²) in [5.41, 5.74) is 7.75. The highest BCUT2D eigenvalue weighted by Gasteiger charge is 2.33. The van der Waals surface area contributed by atoms with Crippen LogP contribution in [0.2, 0.25) is 0 Å². The van der Waals surface area contributed by atoms with Gasteiger partial charge in [-0.1, -0.05) is 218 Å². The summed E-state index contributed by atoms with van der Waals surface area (Å²) < 4.78 is 144. The Morgan fingerprint density at radius 3 is 0.321 bits per heavy atom. The van der Waals surface area contributed by atoms with Crippen molar-refractivity contribution in [3.05, 3.63) is 526 Å². The normalized spacial score (nSPS) is 11.1. The molecule has 0 unspecified atom stereocenters. The first-order valence-corrected chi connectivity index (χ1v) is 42.5. The summed E-state index contributed by atoms with van der Waals surface area (Å²) in [6, 6.07) is 139. The summed E-state index contributed by atoms with van der Waals surface area (Å²) in [6.07, 6.45) is 0. The van der Waals surface area contributed by atoms with Gasteiger partial charge in [0.25, 0.3) is 0 Å². The van der Waals surface area contributed by atoms with Gasteiger partial charge in [0.1, 0.15) is 69.3 Å². The summed E-state index contributed by atoms with van der Waals surface area (Å²) in [7, 11) is 0. The molecule has 0 amide bonds.